The molecule has 0 amide bonds. The summed E-state index contributed by atoms with van der Waals surface area (Å²) in [6.07, 6.45) is 7.00. The van der Waals surface area contributed by atoms with E-state index >= 15 is 0 Å². The number of unbranched alkanes of at least 4 members (excludes halogenated alkanes) is 1. The van der Waals surface area contributed by atoms with Gasteiger partial charge in [0.15, 0.2) is 0 Å². The fourth-order valence-corrected chi connectivity index (χ4v) is 5.65. The molecular formula is C27H33NO2S. The number of allylic oxidation sites excluding steroid dienone is 1. The third-order valence-corrected chi connectivity index (χ3v) is 7.79. The van der Waals surface area contributed by atoms with E-state index in [0.717, 1.165) is 25.8 Å². The maximum absolute atomic E-state index is 11.0. The van der Waals surface area contributed by atoms with Gasteiger partial charge >= 0.3 is 5.97 Å². The molecule has 1 aliphatic carbocycles. The highest BCUT2D eigenvalue weighted by molar-refractivity contribution is 7.99. The van der Waals surface area contributed by atoms with Gasteiger partial charge in [0.25, 0.3) is 0 Å². The van der Waals surface area contributed by atoms with Gasteiger partial charge in [-0.1, -0.05) is 42.0 Å². The number of aryl methyl sites for hydroxylation is 2. The van der Waals surface area contributed by atoms with Gasteiger partial charge in [0, 0.05) is 24.5 Å². The number of likely N-dealkylation sites (tertiary alicyclic amines) is 1. The van der Waals surface area contributed by atoms with Crippen molar-refractivity contribution in [2.45, 2.75) is 50.3 Å². The van der Waals surface area contributed by atoms with E-state index in [1.54, 1.807) is 5.57 Å². The molecule has 0 radical (unpaired) electrons. The first-order chi connectivity index (χ1) is 15.1. The molecule has 0 unspecified atom stereocenters. The van der Waals surface area contributed by atoms with Gasteiger partial charge < -0.3 is 10.0 Å². The van der Waals surface area contributed by atoms with Crippen molar-refractivity contribution < 1.29 is 9.90 Å². The number of carboxylic acids is 1. The van der Waals surface area contributed by atoms with Crippen LogP contribution < -0.4 is 0 Å². The van der Waals surface area contributed by atoms with Gasteiger partial charge in [0.1, 0.15) is 0 Å². The van der Waals surface area contributed by atoms with E-state index in [4.69, 9.17) is 5.11 Å². The first-order valence-electron chi connectivity index (χ1n) is 11.5. The van der Waals surface area contributed by atoms with Gasteiger partial charge in [-0.15, -0.1) is 11.8 Å². The number of nitrogens with zero attached hydrogens (tertiary/aromatic N) is 1. The lowest BCUT2D eigenvalue weighted by atomic mass is 9.85. The number of thioether (sulfide) groups is 1. The maximum atomic E-state index is 11.0. The summed E-state index contributed by atoms with van der Waals surface area (Å²) in [7, 11) is 0. The molecule has 0 aromatic heterocycles. The predicted molar refractivity (Wildman–Crippen MR) is 130 cm³/mol. The molecule has 0 bridgehead atoms. The first-order valence-corrected chi connectivity index (χ1v) is 12.5. The summed E-state index contributed by atoms with van der Waals surface area (Å²) in [5, 5.41) is 9.03. The van der Waals surface area contributed by atoms with E-state index < -0.39 is 5.97 Å². The second kappa shape index (κ2) is 10.5. The lowest BCUT2D eigenvalue weighted by Gasteiger charge is -2.37. The summed E-state index contributed by atoms with van der Waals surface area (Å²) < 4.78 is 0. The van der Waals surface area contributed by atoms with Crippen molar-refractivity contribution in [3.63, 3.8) is 0 Å². The zero-order valence-electron chi connectivity index (χ0n) is 18.5. The Hall–Kier alpha value is -2.04. The zero-order valence-corrected chi connectivity index (χ0v) is 19.3. The highest BCUT2D eigenvalue weighted by atomic mass is 32.2. The molecular weight excluding hydrogens is 402 g/mol. The van der Waals surface area contributed by atoms with Crippen molar-refractivity contribution in [1.29, 1.82) is 0 Å². The topological polar surface area (TPSA) is 40.5 Å². The highest BCUT2D eigenvalue weighted by Gasteiger charge is 2.32. The normalized spacial score (nSPS) is 16.8. The fourth-order valence-electron chi connectivity index (χ4n) is 4.68. The molecule has 1 N–H and O–H groups in total. The molecule has 31 heavy (non-hydrogen) atoms. The highest BCUT2D eigenvalue weighted by Crippen LogP contribution is 2.35. The predicted octanol–water partition coefficient (Wildman–Crippen LogP) is 5.93. The van der Waals surface area contributed by atoms with Crippen LogP contribution in [-0.4, -0.2) is 41.4 Å². The summed E-state index contributed by atoms with van der Waals surface area (Å²) in [6.45, 7) is 4.68. The first kappa shape index (κ1) is 22.2. The standard InChI is InChI=1S/C27H33NO2S/c1-20-22(14-15-28-18-24(19-28)27(29)30)10-11-23-17-25(12-13-26(20)23)31-16-6-5-9-21-7-3-2-4-8-21/h2-4,7-8,12-13,17,24H,5-6,9-11,14-16,18-19H2,1H3,(H,29,30). The van der Waals surface area contributed by atoms with Crippen molar-refractivity contribution in [3.8, 4) is 0 Å². The average Bonchev–Trinajstić information content (AvgIpc) is 2.74. The second-order valence-corrected chi connectivity index (χ2v) is 10.1. The minimum absolute atomic E-state index is 0.156. The third-order valence-electron chi connectivity index (χ3n) is 6.71. The molecule has 4 heteroatoms. The molecule has 1 aliphatic heterocycles. The summed E-state index contributed by atoms with van der Waals surface area (Å²) in [6, 6.07) is 17.8. The van der Waals surface area contributed by atoms with Gasteiger partial charge in [-0.05, 0) is 85.6 Å². The maximum Gasteiger partial charge on any atom is 0.309 e. The monoisotopic (exact) mass is 435 g/mol. The molecule has 0 atom stereocenters. The molecule has 0 spiro atoms. The fraction of sp³-hybridized carbons (Fsp3) is 0.444. The SMILES string of the molecule is CC1=C(CCN2CC(C(=O)O)C2)CCc2cc(SCCCCc3ccccc3)ccc21. The Morgan fingerprint density at radius 2 is 1.87 bits per heavy atom. The summed E-state index contributed by atoms with van der Waals surface area (Å²) in [4.78, 5) is 14.6. The van der Waals surface area contributed by atoms with E-state index in [0.29, 0.717) is 13.1 Å². The molecule has 1 fully saturated rings. The van der Waals surface area contributed by atoms with Crippen LogP contribution in [0.25, 0.3) is 5.57 Å². The van der Waals surface area contributed by atoms with Crippen molar-refractivity contribution in [1.82, 2.24) is 4.90 Å². The molecule has 0 saturated carbocycles. The van der Waals surface area contributed by atoms with Crippen LogP contribution in [-0.2, 0) is 17.6 Å². The quantitative estimate of drug-likeness (QED) is 0.371. The number of benzene rings is 2. The zero-order chi connectivity index (χ0) is 21.6. The van der Waals surface area contributed by atoms with Crippen LogP contribution >= 0.6 is 11.8 Å². The van der Waals surface area contributed by atoms with Gasteiger partial charge in [-0.25, -0.2) is 0 Å². The Bertz CT molecular complexity index is 932. The number of carboxylic acid groups (broad SMARTS) is 1. The van der Waals surface area contributed by atoms with Crippen LogP contribution in [0.5, 0.6) is 0 Å². The average molecular weight is 436 g/mol. The minimum Gasteiger partial charge on any atom is -0.481 e. The third kappa shape index (κ3) is 5.81. The van der Waals surface area contributed by atoms with Gasteiger partial charge in [-0.3, -0.25) is 4.79 Å². The molecule has 3 nitrogen and oxygen atoms in total. The Kier molecular flexibility index (Phi) is 7.52. The van der Waals surface area contributed by atoms with E-state index in [1.165, 1.54) is 52.2 Å². The summed E-state index contributed by atoms with van der Waals surface area (Å²) >= 11 is 1.99. The molecule has 2 aromatic carbocycles. The second-order valence-electron chi connectivity index (χ2n) is 8.88. The van der Waals surface area contributed by atoms with Crippen LogP contribution in [0, 0.1) is 5.92 Å². The molecule has 2 aliphatic rings. The Balaban J connectivity index is 1.24. The number of carbonyl (C=O) groups is 1. The Morgan fingerprint density at radius 3 is 2.65 bits per heavy atom. The van der Waals surface area contributed by atoms with Crippen LogP contribution in [0.2, 0.25) is 0 Å². The van der Waals surface area contributed by atoms with Crippen LogP contribution in [0.3, 0.4) is 0 Å². The number of aliphatic carboxylic acids is 1. The molecule has 1 heterocycles. The van der Waals surface area contributed by atoms with Crippen molar-refractivity contribution >= 4 is 23.3 Å². The van der Waals surface area contributed by atoms with Crippen LogP contribution in [0.15, 0.2) is 59.0 Å². The van der Waals surface area contributed by atoms with Crippen LogP contribution in [0.4, 0.5) is 0 Å². The summed E-state index contributed by atoms with van der Waals surface area (Å²) in [5.41, 5.74) is 7.34. The van der Waals surface area contributed by atoms with Gasteiger partial charge in [0.2, 0.25) is 0 Å². The van der Waals surface area contributed by atoms with Crippen molar-refractivity contribution in [3.05, 3.63) is 70.8 Å². The lowest BCUT2D eigenvalue weighted by Crippen LogP contribution is -2.50. The van der Waals surface area contributed by atoms with Gasteiger partial charge in [0.05, 0.1) is 5.92 Å². The lowest BCUT2D eigenvalue weighted by molar-refractivity contribution is -0.147. The number of hydrogen-bond acceptors (Lipinski definition) is 3. The van der Waals surface area contributed by atoms with Crippen molar-refractivity contribution in [2.75, 3.05) is 25.4 Å². The van der Waals surface area contributed by atoms with Gasteiger partial charge in [-0.2, -0.15) is 0 Å². The number of hydrogen-bond donors (Lipinski definition) is 1. The summed E-state index contributed by atoms with van der Waals surface area (Å²) in [5.74, 6) is 0.373. The van der Waals surface area contributed by atoms with E-state index in [2.05, 4.69) is 60.4 Å². The Labute approximate surface area is 190 Å². The van der Waals surface area contributed by atoms with Crippen molar-refractivity contribution in [2.24, 2.45) is 5.92 Å². The van der Waals surface area contributed by atoms with Crippen LogP contribution in [0.1, 0.15) is 49.3 Å². The Morgan fingerprint density at radius 1 is 1.06 bits per heavy atom. The number of rotatable bonds is 10. The van der Waals surface area contributed by atoms with E-state index in [9.17, 15) is 4.79 Å². The van der Waals surface area contributed by atoms with E-state index in [-0.39, 0.29) is 5.92 Å². The smallest absolute Gasteiger partial charge is 0.309 e. The molecule has 1 saturated heterocycles. The largest absolute Gasteiger partial charge is 0.481 e. The molecule has 4 rings (SSSR count). The molecule has 164 valence electrons. The minimum atomic E-state index is -0.650. The number of fused-ring (bicyclic) bond motifs is 1. The molecule has 2 aromatic rings. The van der Waals surface area contributed by atoms with E-state index in [1.807, 2.05) is 11.8 Å².